The maximum absolute atomic E-state index is 12.4. The van der Waals surface area contributed by atoms with Crippen LogP contribution in [0.15, 0.2) is 24.3 Å². The van der Waals surface area contributed by atoms with Crippen LogP contribution in [0.3, 0.4) is 0 Å². The van der Waals surface area contributed by atoms with Crippen molar-refractivity contribution in [2.75, 3.05) is 24.6 Å². The lowest BCUT2D eigenvalue weighted by molar-refractivity contribution is 0.244. The van der Waals surface area contributed by atoms with Crippen molar-refractivity contribution < 1.29 is 13.2 Å². The minimum atomic E-state index is -3.26. The normalized spacial score (nSPS) is 20.3. The lowest BCUT2D eigenvalue weighted by atomic mass is 10.0. The SMILES string of the molecule is CCC1CCCCN1S(=O)(=O)CCOc1ccccc1N. The van der Waals surface area contributed by atoms with Crippen LogP contribution in [0, 0.1) is 0 Å². The van der Waals surface area contributed by atoms with Gasteiger partial charge in [-0.3, -0.25) is 0 Å². The molecule has 1 unspecified atom stereocenters. The van der Waals surface area contributed by atoms with E-state index in [2.05, 4.69) is 0 Å². The lowest BCUT2D eigenvalue weighted by Crippen LogP contribution is -2.45. The van der Waals surface area contributed by atoms with Crippen LogP contribution in [-0.4, -0.2) is 37.7 Å². The van der Waals surface area contributed by atoms with Crippen LogP contribution in [0.4, 0.5) is 5.69 Å². The minimum absolute atomic E-state index is 0.00215. The molecule has 1 aromatic carbocycles. The third-order valence-corrected chi connectivity index (χ3v) is 5.80. The molecule has 0 spiro atoms. The number of piperidine rings is 1. The molecule has 1 saturated heterocycles. The Balaban J connectivity index is 1.93. The predicted octanol–water partition coefficient (Wildman–Crippen LogP) is 2.24. The summed E-state index contributed by atoms with van der Waals surface area (Å²) in [6.07, 6.45) is 3.89. The second-order valence-electron chi connectivity index (χ2n) is 5.37. The maximum atomic E-state index is 12.4. The number of para-hydroxylation sites is 2. The summed E-state index contributed by atoms with van der Waals surface area (Å²) in [5.74, 6) is 0.538. The lowest BCUT2D eigenvalue weighted by Gasteiger charge is -2.34. The van der Waals surface area contributed by atoms with Gasteiger partial charge in [-0.25, -0.2) is 8.42 Å². The summed E-state index contributed by atoms with van der Waals surface area (Å²) in [4.78, 5) is 0. The Morgan fingerprint density at radius 3 is 2.81 bits per heavy atom. The fourth-order valence-electron chi connectivity index (χ4n) is 2.73. The number of ether oxygens (including phenoxy) is 1. The molecule has 2 rings (SSSR count). The average Bonchev–Trinajstić information content (AvgIpc) is 2.49. The first kappa shape index (κ1) is 16.1. The molecule has 1 atom stereocenters. The molecular formula is C15H24N2O3S. The zero-order valence-corrected chi connectivity index (χ0v) is 13.3. The Morgan fingerprint density at radius 1 is 1.33 bits per heavy atom. The number of anilines is 1. The number of sulfonamides is 1. The Bertz CT molecular complexity index is 560. The van der Waals surface area contributed by atoms with Crippen molar-refractivity contribution in [1.29, 1.82) is 0 Å². The summed E-state index contributed by atoms with van der Waals surface area (Å²) in [6.45, 7) is 2.80. The number of benzene rings is 1. The molecule has 0 bridgehead atoms. The first-order chi connectivity index (χ1) is 10.0. The van der Waals surface area contributed by atoms with Gasteiger partial charge in [0, 0.05) is 12.6 Å². The van der Waals surface area contributed by atoms with E-state index in [1.807, 2.05) is 19.1 Å². The molecule has 0 saturated carbocycles. The highest BCUT2D eigenvalue weighted by molar-refractivity contribution is 7.89. The van der Waals surface area contributed by atoms with Gasteiger partial charge in [-0.2, -0.15) is 4.31 Å². The average molecular weight is 312 g/mol. The smallest absolute Gasteiger partial charge is 0.217 e. The van der Waals surface area contributed by atoms with Gasteiger partial charge < -0.3 is 10.5 Å². The molecule has 0 radical (unpaired) electrons. The van der Waals surface area contributed by atoms with Gasteiger partial charge in [0.2, 0.25) is 10.0 Å². The van der Waals surface area contributed by atoms with Gasteiger partial charge in [0.05, 0.1) is 11.4 Å². The molecule has 6 heteroatoms. The van der Waals surface area contributed by atoms with Gasteiger partial charge in [-0.05, 0) is 31.4 Å². The monoisotopic (exact) mass is 312 g/mol. The van der Waals surface area contributed by atoms with E-state index in [0.29, 0.717) is 18.0 Å². The van der Waals surface area contributed by atoms with Crippen molar-refractivity contribution in [3.63, 3.8) is 0 Å². The van der Waals surface area contributed by atoms with Gasteiger partial charge in [0.15, 0.2) is 0 Å². The largest absolute Gasteiger partial charge is 0.490 e. The minimum Gasteiger partial charge on any atom is -0.490 e. The maximum Gasteiger partial charge on any atom is 0.217 e. The molecule has 1 fully saturated rings. The Kier molecular flexibility index (Phi) is 5.47. The molecule has 0 aromatic heterocycles. The Labute approximate surface area is 127 Å². The van der Waals surface area contributed by atoms with Crippen LogP contribution < -0.4 is 10.5 Å². The van der Waals surface area contributed by atoms with Gasteiger partial charge in [0.1, 0.15) is 12.4 Å². The van der Waals surface area contributed by atoms with E-state index < -0.39 is 10.0 Å². The zero-order valence-electron chi connectivity index (χ0n) is 12.5. The summed E-state index contributed by atoms with van der Waals surface area (Å²) in [7, 11) is -3.26. The van der Waals surface area contributed by atoms with Crippen LogP contribution >= 0.6 is 0 Å². The van der Waals surface area contributed by atoms with Crippen LogP contribution in [0.2, 0.25) is 0 Å². The molecule has 1 aromatic rings. The summed E-state index contributed by atoms with van der Waals surface area (Å²) in [6, 6.07) is 7.26. The number of nitrogens with zero attached hydrogens (tertiary/aromatic N) is 1. The fraction of sp³-hybridized carbons (Fsp3) is 0.600. The Morgan fingerprint density at radius 2 is 2.10 bits per heavy atom. The summed E-state index contributed by atoms with van der Waals surface area (Å²) in [5.41, 5.74) is 6.30. The second kappa shape index (κ2) is 7.13. The highest BCUT2D eigenvalue weighted by Gasteiger charge is 2.30. The standard InChI is InChI=1S/C15H24N2O3S/c1-2-13-7-5-6-10-17(13)21(18,19)12-11-20-15-9-4-3-8-14(15)16/h3-4,8-9,13H,2,5-7,10-12,16H2,1H3. The fourth-order valence-corrected chi connectivity index (χ4v) is 4.38. The van der Waals surface area contributed by atoms with E-state index in [4.69, 9.17) is 10.5 Å². The van der Waals surface area contributed by atoms with E-state index in [1.165, 1.54) is 0 Å². The second-order valence-corrected chi connectivity index (χ2v) is 7.41. The summed E-state index contributed by atoms with van der Waals surface area (Å²) >= 11 is 0. The predicted molar refractivity (Wildman–Crippen MR) is 84.8 cm³/mol. The molecule has 118 valence electrons. The molecule has 0 aliphatic carbocycles. The number of hydrogen-bond donors (Lipinski definition) is 1. The van der Waals surface area contributed by atoms with Crippen LogP contribution in [-0.2, 0) is 10.0 Å². The molecule has 5 nitrogen and oxygen atoms in total. The highest BCUT2D eigenvalue weighted by Crippen LogP contribution is 2.23. The van der Waals surface area contributed by atoms with Crippen molar-refractivity contribution >= 4 is 15.7 Å². The van der Waals surface area contributed by atoms with Crippen molar-refractivity contribution in [2.24, 2.45) is 0 Å². The molecule has 1 heterocycles. The third kappa shape index (κ3) is 4.11. The van der Waals surface area contributed by atoms with Crippen molar-refractivity contribution in [3.8, 4) is 5.75 Å². The van der Waals surface area contributed by atoms with E-state index in [-0.39, 0.29) is 18.4 Å². The number of rotatable bonds is 6. The molecule has 2 N–H and O–H groups in total. The number of hydrogen-bond acceptors (Lipinski definition) is 4. The summed E-state index contributed by atoms with van der Waals surface area (Å²) < 4.78 is 32.1. The molecule has 0 amide bonds. The topological polar surface area (TPSA) is 72.6 Å². The Hall–Kier alpha value is -1.27. The first-order valence-corrected chi connectivity index (χ1v) is 9.12. The molecule has 21 heavy (non-hydrogen) atoms. The van der Waals surface area contributed by atoms with E-state index >= 15 is 0 Å². The van der Waals surface area contributed by atoms with Gasteiger partial charge >= 0.3 is 0 Å². The zero-order chi connectivity index (χ0) is 15.3. The van der Waals surface area contributed by atoms with E-state index in [0.717, 1.165) is 25.7 Å². The van der Waals surface area contributed by atoms with Crippen LogP contribution in [0.1, 0.15) is 32.6 Å². The number of nitrogen functional groups attached to an aromatic ring is 1. The van der Waals surface area contributed by atoms with Crippen LogP contribution in [0.25, 0.3) is 0 Å². The summed E-state index contributed by atoms with van der Waals surface area (Å²) in [5, 5.41) is 0. The molecule has 1 aliphatic rings. The van der Waals surface area contributed by atoms with Gasteiger partial charge in [0.25, 0.3) is 0 Å². The van der Waals surface area contributed by atoms with Gasteiger partial charge in [-0.1, -0.05) is 25.5 Å². The van der Waals surface area contributed by atoms with Crippen molar-refractivity contribution in [2.45, 2.75) is 38.6 Å². The highest BCUT2D eigenvalue weighted by atomic mass is 32.2. The van der Waals surface area contributed by atoms with Crippen LogP contribution in [0.5, 0.6) is 5.75 Å². The third-order valence-electron chi connectivity index (χ3n) is 3.92. The van der Waals surface area contributed by atoms with Crippen molar-refractivity contribution in [3.05, 3.63) is 24.3 Å². The van der Waals surface area contributed by atoms with Gasteiger partial charge in [-0.15, -0.1) is 0 Å². The quantitative estimate of drug-likeness (QED) is 0.818. The molecule has 1 aliphatic heterocycles. The van der Waals surface area contributed by atoms with Crippen molar-refractivity contribution in [1.82, 2.24) is 4.31 Å². The van der Waals surface area contributed by atoms with E-state index in [9.17, 15) is 8.42 Å². The first-order valence-electron chi connectivity index (χ1n) is 7.51. The number of nitrogens with two attached hydrogens (primary N) is 1. The molecular weight excluding hydrogens is 288 g/mol. The van der Waals surface area contributed by atoms with E-state index in [1.54, 1.807) is 16.4 Å².